The van der Waals surface area contributed by atoms with E-state index in [-0.39, 0.29) is 0 Å². The number of benzene rings is 1. The van der Waals surface area contributed by atoms with Crippen LogP contribution in [0.25, 0.3) is 0 Å². The zero-order chi connectivity index (χ0) is 14.0. The van der Waals surface area contributed by atoms with Crippen molar-refractivity contribution in [1.29, 1.82) is 0 Å². The van der Waals surface area contributed by atoms with E-state index in [1.54, 1.807) is 18.8 Å². The second-order valence-electron chi connectivity index (χ2n) is 4.44. The number of aliphatic hydroxyl groups excluding tert-OH is 1. The zero-order valence-corrected chi connectivity index (χ0v) is 12.8. The van der Waals surface area contributed by atoms with Crippen LogP contribution in [-0.4, -0.2) is 22.0 Å². The van der Waals surface area contributed by atoms with Gasteiger partial charge < -0.3 is 9.84 Å². The van der Waals surface area contributed by atoms with Crippen molar-refractivity contribution >= 4 is 15.9 Å². The van der Waals surface area contributed by atoms with Gasteiger partial charge in [-0.15, -0.1) is 0 Å². The van der Waals surface area contributed by atoms with Crippen molar-refractivity contribution < 1.29 is 9.84 Å². The predicted octanol–water partition coefficient (Wildman–Crippen LogP) is 2.78. The maximum Gasteiger partial charge on any atom is 0.217 e. The van der Waals surface area contributed by atoms with E-state index in [2.05, 4.69) is 21.0 Å². The lowest BCUT2D eigenvalue weighted by molar-refractivity contribution is 0.172. The van der Waals surface area contributed by atoms with E-state index in [0.717, 1.165) is 21.3 Å². The molecule has 1 aromatic carbocycles. The number of methoxy groups -OCH3 is 1. The molecular weight excluding hydrogens is 308 g/mol. The van der Waals surface area contributed by atoms with Crippen LogP contribution in [0.3, 0.4) is 0 Å². The third kappa shape index (κ3) is 2.82. The first-order chi connectivity index (χ1) is 9.04. The molecule has 4 nitrogen and oxygen atoms in total. The van der Waals surface area contributed by atoms with E-state index in [1.807, 2.05) is 31.2 Å². The van der Waals surface area contributed by atoms with Crippen LogP contribution in [0.1, 0.15) is 22.9 Å². The van der Waals surface area contributed by atoms with Gasteiger partial charge in [0.25, 0.3) is 0 Å². The quantitative estimate of drug-likeness (QED) is 0.940. The Hall–Kier alpha value is -1.33. The number of halogens is 1. The fraction of sp³-hybridized carbons (Fsp3) is 0.357. The van der Waals surface area contributed by atoms with E-state index < -0.39 is 6.10 Å². The van der Waals surface area contributed by atoms with Gasteiger partial charge in [0.2, 0.25) is 5.88 Å². The van der Waals surface area contributed by atoms with Crippen LogP contribution in [0.15, 0.2) is 28.7 Å². The van der Waals surface area contributed by atoms with Crippen molar-refractivity contribution in [2.75, 3.05) is 7.11 Å². The van der Waals surface area contributed by atoms with E-state index in [9.17, 15) is 5.11 Å². The Bertz CT molecular complexity index is 581. The van der Waals surface area contributed by atoms with E-state index in [1.165, 1.54) is 0 Å². The average molecular weight is 325 g/mol. The Labute approximate surface area is 121 Å². The van der Waals surface area contributed by atoms with Crippen LogP contribution in [-0.2, 0) is 13.5 Å². The summed E-state index contributed by atoms with van der Waals surface area (Å²) in [6.45, 7) is 1.88. The Balaban J connectivity index is 2.30. The molecule has 1 atom stereocenters. The SMILES string of the molecule is COc1c(C(O)Cc2ccccc2Br)c(C)nn1C. The second-order valence-corrected chi connectivity index (χ2v) is 5.30. The molecule has 19 heavy (non-hydrogen) atoms. The molecule has 0 bridgehead atoms. The minimum Gasteiger partial charge on any atom is -0.481 e. The average Bonchev–Trinajstić information content (AvgIpc) is 2.66. The molecule has 2 rings (SSSR count). The van der Waals surface area contributed by atoms with Gasteiger partial charge in [-0.05, 0) is 18.6 Å². The summed E-state index contributed by atoms with van der Waals surface area (Å²) < 4.78 is 7.96. The number of nitrogens with zero attached hydrogens (tertiary/aromatic N) is 2. The van der Waals surface area contributed by atoms with Crippen LogP contribution in [0, 0.1) is 6.92 Å². The fourth-order valence-electron chi connectivity index (χ4n) is 2.25. The highest BCUT2D eigenvalue weighted by Crippen LogP contribution is 2.31. The molecule has 1 N–H and O–H groups in total. The molecule has 0 amide bonds. The van der Waals surface area contributed by atoms with Gasteiger partial charge in [-0.25, -0.2) is 4.68 Å². The predicted molar refractivity (Wildman–Crippen MR) is 77.3 cm³/mol. The lowest BCUT2D eigenvalue weighted by Crippen LogP contribution is -2.05. The number of ether oxygens (including phenoxy) is 1. The number of hydrogen-bond acceptors (Lipinski definition) is 3. The van der Waals surface area contributed by atoms with Gasteiger partial charge in [0.1, 0.15) is 0 Å². The first kappa shape index (κ1) is 14.1. The molecule has 0 aliphatic rings. The Kier molecular flexibility index (Phi) is 4.27. The molecular formula is C14H17BrN2O2. The first-order valence-corrected chi connectivity index (χ1v) is 6.82. The third-order valence-corrected chi connectivity index (χ3v) is 3.89. The Morgan fingerprint density at radius 3 is 2.74 bits per heavy atom. The molecule has 102 valence electrons. The van der Waals surface area contributed by atoms with E-state index in [0.29, 0.717) is 12.3 Å². The maximum atomic E-state index is 10.5. The highest BCUT2D eigenvalue weighted by Gasteiger charge is 2.22. The van der Waals surface area contributed by atoms with Gasteiger partial charge in [0.15, 0.2) is 0 Å². The summed E-state index contributed by atoms with van der Waals surface area (Å²) >= 11 is 3.49. The molecule has 1 aromatic heterocycles. The highest BCUT2D eigenvalue weighted by molar-refractivity contribution is 9.10. The van der Waals surface area contributed by atoms with Crippen LogP contribution < -0.4 is 4.74 Å². The number of aryl methyl sites for hydroxylation is 2. The molecule has 0 spiro atoms. The van der Waals surface area contributed by atoms with Crippen molar-refractivity contribution in [3.8, 4) is 5.88 Å². The number of aromatic nitrogens is 2. The number of rotatable bonds is 4. The van der Waals surface area contributed by atoms with E-state index in [4.69, 9.17) is 4.74 Å². The monoisotopic (exact) mass is 324 g/mol. The first-order valence-electron chi connectivity index (χ1n) is 6.03. The molecule has 2 aromatic rings. The summed E-state index contributed by atoms with van der Waals surface area (Å²) in [5.74, 6) is 0.608. The van der Waals surface area contributed by atoms with Gasteiger partial charge in [-0.3, -0.25) is 0 Å². The van der Waals surface area contributed by atoms with E-state index >= 15 is 0 Å². The van der Waals surface area contributed by atoms with Gasteiger partial charge in [0.05, 0.1) is 24.5 Å². The number of aliphatic hydroxyl groups is 1. The van der Waals surface area contributed by atoms with Crippen LogP contribution in [0.4, 0.5) is 0 Å². The summed E-state index contributed by atoms with van der Waals surface area (Å²) in [5, 5.41) is 14.7. The number of hydrogen-bond donors (Lipinski definition) is 1. The van der Waals surface area contributed by atoms with Crippen LogP contribution >= 0.6 is 15.9 Å². The fourth-order valence-corrected chi connectivity index (χ4v) is 2.70. The van der Waals surface area contributed by atoms with Crippen molar-refractivity contribution in [1.82, 2.24) is 9.78 Å². The van der Waals surface area contributed by atoms with Crippen molar-refractivity contribution in [3.05, 3.63) is 45.6 Å². The Morgan fingerprint density at radius 1 is 1.42 bits per heavy atom. The molecule has 0 fully saturated rings. The smallest absolute Gasteiger partial charge is 0.217 e. The normalized spacial score (nSPS) is 12.5. The molecule has 1 heterocycles. The summed E-state index contributed by atoms with van der Waals surface area (Å²) in [5.41, 5.74) is 2.60. The van der Waals surface area contributed by atoms with Gasteiger partial charge in [-0.2, -0.15) is 5.10 Å². The molecule has 0 aliphatic heterocycles. The summed E-state index contributed by atoms with van der Waals surface area (Å²) in [6, 6.07) is 7.87. The molecule has 0 aliphatic carbocycles. The standard InChI is InChI=1S/C14H17BrN2O2/c1-9-13(14(19-3)17(2)16-9)12(18)8-10-6-4-5-7-11(10)15/h4-7,12,18H,8H2,1-3H3. The maximum absolute atomic E-state index is 10.5. The summed E-state index contributed by atoms with van der Waals surface area (Å²) in [6.07, 6.45) is -0.119. The van der Waals surface area contributed by atoms with Crippen LogP contribution in [0.5, 0.6) is 5.88 Å². The zero-order valence-electron chi connectivity index (χ0n) is 11.2. The summed E-state index contributed by atoms with van der Waals surface area (Å²) in [7, 11) is 3.39. The molecule has 0 saturated carbocycles. The molecule has 5 heteroatoms. The van der Waals surface area contributed by atoms with Crippen LogP contribution in [0.2, 0.25) is 0 Å². The van der Waals surface area contributed by atoms with Crippen molar-refractivity contribution in [3.63, 3.8) is 0 Å². The Morgan fingerprint density at radius 2 is 2.11 bits per heavy atom. The van der Waals surface area contributed by atoms with Crippen molar-refractivity contribution in [2.45, 2.75) is 19.4 Å². The summed E-state index contributed by atoms with van der Waals surface area (Å²) in [4.78, 5) is 0. The highest BCUT2D eigenvalue weighted by atomic mass is 79.9. The second kappa shape index (κ2) is 5.75. The molecule has 1 unspecified atom stereocenters. The third-order valence-electron chi connectivity index (χ3n) is 3.11. The topological polar surface area (TPSA) is 47.3 Å². The minimum atomic E-state index is -0.637. The molecule has 0 saturated heterocycles. The van der Waals surface area contributed by atoms with Gasteiger partial charge in [-0.1, -0.05) is 34.1 Å². The lowest BCUT2D eigenvalue weighted by Gasteiger charge is -2.13. The van der Waals surface area contributed by atoms with Gasteiger partial charge >= 0.3 is 0 Å². The molecule has 0 radical (unpaired) electrons. The van der Waals surface area contributed by atoms with Crippen molar-refractivity contribution in [2.24, 2.45) is 7.05 Å². The van der Waals surface area contributed by atoms with Gasteiger partial charge in [0, 0.05) is 17.9 Å². The minimum absolute atomic E-state index is 0.518. The largest absolute Gasteiger partial charge is 0.481 e. The lowest BCUT2D eigenvalue weighted by atomic mass is 10.0.